The van der Waals surface area contributed by atoms with E-state index in [-0.39, 0.29) is 36.2 Å². The molecular weight excluding hydrogens is 320 g/mol. The summed E-state index contributed by atoms with van der Waals surface area (Å²) in [6, 6.07) is 4.36. The molecule has 0 aliphatic rings. The summed E-state index contributed by atoms with van der Waals surface area (Å²) < 4.78 is 10.4. The van der Waals surface area contributed by atoms with Gasteiger partial charge in [0.05, 0.1) is 18.4 Å². The molecule has 0 radical (unpaired) electrons. The van der Waals surface area contributed by atoms with Gasteiger partial charge in [0.2, 0.25) is 0 Å². The Morgan fingerprint density at radius 1 is 1.22 bits per heavy atom. The lowest BCUT2D eigenvalue weighted by Crippen LogP contribution is -2.23. The number of carbonyl (C=O) groups is 3. The van der Waals surface area contributed by atoms with Crippen LogP contribution in [0.2, 0.25) is 5.02 Å². The molecule has 0 spiro atoms. The Morgan fingerprint density at radius 3 is 2.43 bits per heavy atom. The van der Waals surface area contributed by atoms with Crippen molar-refractivity contribution in [1.29, 1.82) is 0 Å². The smallest absolute Gasteiger partial charge is 0.311 e. The Labute approximate surface area is 140 Å². The van der Waals surface area contributed by atoms with Crippen molar-refractivity contribution < 1.29 is 23.9 Å². The second-order valence-corrected chi connectivity index (χ2v) is 5.89. The summed E-state index contributed by atoms with van der Waals surface area (Å²) in [4.78, 5) is 34.4. The third-order valence-electron chi connectivity index (χ3n) is 3.28. The highest BCUT2D eigenvalue weighted by Crippen LogP contribution is 2.22. The number of halogens is 1. The molecule has 0 aliphatic heterocycles. The summed E-state index contributed by atoms with van der Waals surface area (Å²) in [6.45, 7) is 5.88. The largest absolute Gasteiger partial charge is 0.462 e. The zero-order valence-electron chi connectivity index (χ0n) is 13.5. The Balaban J connectivity index is 2.51. The van der Waals surface area contributed by atoms with Crippen LogP contribution in [0.1, 0.15) is 50.4 Å². The van der Waals surface area contributed by atoms with Gasteiger partial charge in [-0.3, -0.25) is 14.4 Å². The van der Waals surface area contributed by atoms with Crippen molar-refractivity contribution in [3.8, 4) is 5.75 Å². The number of esters is 2. The Hall–Kier alpha value is -1.88. The van der Waals surface area contributed by atoms with Crippen molar-refractivity contribution in [2.45, 2.75) is 46.1 Å². The first-order valence-electron chi connectivity index (χ1n) is 7.52. The maximum atomic E-state index is 11.8. The quantitative estimate of drug-likeness (QED) is 0.409. The van der Waals surface area contributed by atoms with Gasteiger partial charge in [0.1, 0.15) is 11.9 Å². The summed E-state index contributed by atoms with van der Waals surface area (Å²) in [5.41, 5.74) is 0.180. The van der Waals surface area contributed by atoms with Crippen molar-refractivity contribution in [2.75, 3.05) is 0 Å². The van der Waals surface area contributed by atoms with Crippen LogP contribution in [0.15, 0.2) is 18.2 Å². The topological polar surface area (TPSA) is 69.7 Å². The molecule has 0 saturated carbocycles. The predicted molar refractivity (Wildman–Crippen MR) is 86.7 cm³/mol. The molecule has 6 heteroatoms. The fourth-order valence-electron chi connectivity index (χ4n) is 2.00. The van der Waals surface area contributed by atoms with Gasteiger partial charge in [-0.05, 0) is 30.5 Å². The van der Waals surface area contributed by atoms with E-state index in [1.807, 2.05) is 20.8 Å². The number of rotatable bonds is 8. The molecule has 126 valence electrons. The minimum absolute atomic E-state index is 0.0634. The van der Waals surface area contributed by atoms with Crippen LogP contribution in [-0.2, 0) is 14.3 Å². The summed E-state index contributed by atoms with van der Waals surface area (Å²) in [5, 5.41) is 0.370. The molecule has 0 aliphatic carbocycles. The van der Waals surface area contributed by atoms with Crippen LogP contribution in [0.4, 0.5) is 0 Å². The highest BCUT2D eigenvalue weighted by molar-refractivity contribution is 6.30. The number of carbonyl (C=O) groups excluding carboxylic acids is 3. The second-order valence-electron chi connectivity index (χ2n) is 5.45. The normalized spacial score (nSPS) is 11.9. The van der Waals surface area contributed by atoms with Crippen LogP contribution >= 0.6 is 11.6 Å². The van der Waals surface area contributed by atoms with Gasteiger partial charge in [0, 0.05) is 5.02 Å². The SMILES string of the molecule is CCC(OC(=O)CCC(=O)Oc1ccc(Cl)cc1C=O)C(C)C. The third kappa shape index (κ3) is 6.40. The molecule has 5 nitrogen and oxygen atoms in total. The zero-order valence-corrected chi connectivity index (χ0v) is 14.3. The molecule has 23 heavy (non-hydrogen) atoms. The van der Waals surface area contributed by atoms with Gasteiger partial charge < -0.3 is 9.47 Å². The molecule has 1 aromatic rings. The van der Waals surface area contributed by atoms with Crippen LogP contribution in [0.5, 0.6) is 5.75 Å². The van der Waals surface area contributed by atoms with Gasteiger partial charge in [-0.2, -0.15) is 0 Å². The van der Waals surface area contributed by atoms with E-state index in [0.29, 0.717) is 11.3 Å². The molecule has 0 fully saturated rings. The molecule has 0 amide bonds. The van der Waals surface area contributed by atoms with Crippen molar-refractivity contribution in [3.63, 3.8) is 0 Å². The van der Waals surface area contributed by atoms with Gasteiger partial charge in [-0.15, -0.1) is 0 Å². The highest BCUT2D eigenvalue weighted by atomic mass is 35.5. The lowest BCUT2D eigenvalue weighted by atomic mass is 10.1. The standard InChI is InChI=1S/C17H21ClO5/c1-4-14(11(2)3)22-16(20)7-8-17(21)23-15-6-5-13(18)9-12(15)10-19/h5-6,9-11,14H,4,7-8H2,1-3H3. The Bertz CT molecular complexity index is 568. The molecule has 0 bridgehead atoms. The number of aldehydes is 1. The van der Waals surface area contributed by atoms with E-state index in [2.05, 4.69) is 0 Å². The van der Waals surface area contributed by atoms with E-state index in [1.54, 1.807) is 0 Å². The summed E-state index contributed by atoms with van der Waals surface area (Å²) in [6.07, 6.45) is 0.940. The van der Waals surface area contributed by atoms with E-state index in [1.165, 1.54) is 18.2 Å². The summed E-state index contributed by atoms with van der Waals surface area (Å²) >= 11 is 5.76. The van der Waals surface area contributed by atoms with Gasteiger partial charge >= 0.3 is 11.9 Å². The molecule has 0 heterocycles. The van der Waals surface area contributed by atoms with Crippen LogP contribution in [0.25, 0.3) is 0 Å². The molecule has 1 atom stereocenters. The van der Waals surface area contributed by atoms with Gasteiger partial charge in [-0.1, -0.05) is 32.4 Å². The van der Waals surface area contributed by atoms with Crippen molar-refractivity contribution in [2.24, 2.45) is 5.92 Å². The van der Waals surface area contributed by atoms with Crippen molar-refractivity contribution >= 4 is 29.8 Å². The Kier molecular flexibility index (Phi) is 7.75. The van der Waals surface area contributed by atoms with Crippen molar-refractivity contribution in [3.05, 3.63) is 28.8 Å². The van der Waals surface area contributed by atoms with Gasteiger partial charge in [0.15, 0.2) is 6.29 Å². The zero-order chi connectivity index (χ0) is 17.4. The second kappa shape index (κ2) is 9.30. The maximum absolute atomic E-state index is 11.8. The number of ether oxygens (including phenoxy) is 2. The predicted octanol–water partition coefficient (Wildman–Crippen LogP) is 3.82. The lowest BCUT2D eigenvalue weighted by Gasteiger charge is -2.19. The first-order valence-corrected chi connectivity index (χ1v) is 7.90. The van der Waals surface area contributed by atoms with Gasteiger partial charge in [-0.25, -0.2) is 0 Å². The van der Waals surface area contributed by atoms with Crippen LogP contribution in [-0.4, -0.2) is 24.3 Å². The molecule has 1 aromatic carbocycles. The van der Waals surface area contributed by atoms with Crippen molar-refractivity contribution in [1.82, 2.24) is 0 Å². The van der Waals surface area contributed by atoms with E-state index in [4.69, 9.17) is 21.1 Å². The van der Waals surface area contributed by atoms with Crippen LogP contribution in [0.3, 0.4) is 0 Å². The monoisotopic (exact) mass is 340 g/mol. The molecule has 0 aromatic heterocycles. The van der Waals surface area contributed by atoms with Gasteiger partial charge in [0.25, 0.3) is 0 Å². The fraction of sp³-hybridized carbons (Fsp3) is 0.471. The van der Waals surface area contributed by atoms with E-state index in [9.17, 15) is 14.4 Å². The molecule has 0 N–H and O–H groups in total. The number of hydrogen-bond acceptors (Lipinski definition) is 5. The average Bonchev–Trinajstić information content (AvgIpc) is 2.51. The fourth-order valence-corrected chi connectivity index (χ4v) is 2.18. The molecule has 1 unspecified atom stereocenters. The summed E-state index contributed by atoms with van der Waals surface area (Å²) in [5.74, 6) is -0.698. The van der Waals surface area contributed by atoms with E-state index < -0.39 is 11.9 Å². The molecular formula is C17H21ClO5. The van der Waals surface area contributed by atoms with Crippen LogP contribution in [0, 0.1) is 5.92 Å². The minimum atomic E-state index is -0.607. The van der Waals surface area contributed by atoms with Crippen LogP contribution < -0.4 is 4.74 Å². The molecule has 1 rings (SSSR count). The first-order chi connectivity index (χ1) is 10.9. The molecule has 0 saturated heterocycles. The van der Waals surface area contributed by atoms with E-state index in [0.717, 1.165) is 6.42 Å². The Morgan fingerprint density at radius 2 is 1.87 bits per heavy atom. The summed E-state index contributed by atoms with van der Waals surface area (Å²) in [7, 11) is 0. The highest BCUT2D eigenvalue weighted by Gasteiger charge is 2.18. The first kappa shape index (κ1) is 19.2. The number of hydrogen-bond donors (Lipinski definition) is 0. The maximum Gasteiger partial charge on any atom is 0.311 e. The lowest BCUT2D eigenvalue weighted by molar-refractivity contribution is -0.153. The van der Waals surface area contributed by atoms with E-state index >= 15 is 0 Å². The number of benzene rings is 1. The average molecular weight is 341 g/mol. The minimum Gasteiger partial charge on any atom is -0.462 e. The third-order valence-corrected chi connectivity index (χ3v) is 3.52.